The Hall–Kier alpha value is -0.970. The highest BCUT2D eigenvalue weighted by Gasteiger charge is 2.29. The third-order valence-electron chi connectivity index (χ3n) is 4.64. The highest BCUT2D eigenvalue weighted by molar-refractivity contribution is 5.19. The van der Waals surface area contributed by atoms with Gasteiger partial charge in [-0.15, -0.1) is 0 Å². The minimum absolute atomic E-state index is 0.0245. The van der Waals surface area contributed by atoms with E-state index >= 15 is 0 Å². The first kappa shape index (κ1) is 14.0. The molecule has 0 aliphatic carbocycles. The van der Waals surface area contributed by atoms with Gasteiger partial charge in [0.05, 0.1) is 0 Å². The molecule has 3 nitrogen and oxygen atoms in total. The molecule has 0 radical (unpaired) electrons. The maximum absolute atomic E-state index is 13.0. The molecule has 2 aliphatic heterocycles. The fourth-order valence-electron chi connectivity index (χ4n) is 3.54. The first-order chi connectivity index (χ1) is 9.72. The molecule has 0 bridgehead atoms. The summed E-state index contributed by atoms with van der Waals surface area (Å²) < 4.78 is 13.0. The van der Waals surface area contributed by atoms with Gasteiger partial charge in [-0.2, -0.15) is 0 Å². The first-order valence-corrected chi connectivity index (χ1v) is 7.70. The van der Waals surface area contributed by atoms with Crippen LogP contribution in [-0.2, 0) is 0 Å². The second kappa shape index (κ2) is 6.20. The van der Waals surface area contributed by atoms with Crippen LogP contribution in [0.5, 0.6) is 0 Å². The first-order valence-electron chi connectivity index (χ1n) is 7.70. The van der Waals surface area contributed by atoms with Crippen LogP contribution in [0.15, 0.2) is 24.3 Å². The van der Waals surface area contributed by atoms with Gasteiger partial charge < -0.3 is 5.73 Å². The van der Waals surface area contributed by atoms with Crippen LogP contribution in [0.4, 0.5) is 4.39 Å². The number of fused-ring (bicyclic) bond motifs is 1. The number of hydrogen-bond acceptors (Lipinski definition) is 3. The van der Waals surface area contributed by atoms with Crippen LogP contribution in [0.2, 0.25) is 0 Å². The van der Waals surface area contributed by atoms with Crippen LogP contribution in [0.25, 0.3) is 0 Å². The Kier molecular flexibility index (Phi) is 4.34. The van der Waals surface area contributed by atoms with Gasteiger partial charge in [0.15, 0.2) is 0 Å². The highest BCUT2D eigenvalue weighted by atomic mass is 19.1. The minimum atomic E-state index is -0.197. The molecule has 110 valence electrons. The van der Waals surface area contributed by atoms with Crippen molar-refractivity contribution in [1.29, 1.82) is 0 Å². The summed E-state index contributed by atoms with van der Waals surface area (Å²) in [5.74, 6) is -0.197. The molecule has 1 aromatic carbocycles. The van der Waals surface area contributed by atoms with Crippen LogP contribution in [0.3, 0.4) is 0 Å². The number of halogens is 1. The Labute approximate surface area is 120 Å². The van der Waals surface area contributed by atoms with Crippen LogP contribution in [0, 0.1) is 5.82 Å². The average molecular weight is 277 g/mol. The predicted octanol–water partition coefficient (Wildman–Crippen LogP) is 2.00. The quantitative estimate of drug-likeness (QED) is 0.917. The smallest absolute Gasteiger partial charge is 0.123 e. The van der Waals surface area contributed by atoms with Crippen molar-refractivity contribution in [3.63, 3.8) is 0 Å². The van der Waals surface area contributed by atoms with E-state index in [9.17, 15) is 4.39 Å². The third-order valence-corrected chi connectivity index (χ3v) is 4.64. The van der Waals surface area contributed by atoms with Crippen molar-refractivity contribution in [3.05, 3.63) is 35.6 Å². The molecule has 2 fully saturated rings. The zero-order chi connectivity index (χ0) is 13.9. The number of rotatable bonds is 3. The van der Waals surface area contributed by atoms with Gasteiger partial charge in [0.1, 0.15) is 5.82 Å². The molecule has 3 rings (SSSR count). The summed E-state index contributed by atoms with van der Waals surface area (Å²) in [7, 11) is 0. The van der Waals surface area contributed by atoms with Gasteiger partial charge in [-0.25, -0.2) is 4.39 Å². The van der Waals surface area contributed by atoms with Crippen LogP contribution in [-0.4, -0.2) is 48.6 Å². The Morgan fingerprint density at radius 3 is 2.70 bits per heavy atom. The molecule has 0 aromatic heterocycles. The Morgan fingerprint density at radius 1 is 1.15 bits per heavy atom. The van der Waals surface area contributed by atoms with E-state index in [4.69, 9.17) is 5.73 Å². The van der Waals surface area contributed by atoms with Crippen LogP contribution in [0.1, 0.15) is 30.9 Å². The van der Waals surface area contributed by atoms with E-state index in [1.165, 1.54) is 44.5 Å². The third kappa shape index (κ3) is 3.19. The van der Waals surface area contributed by atoms with Crippen LogP contribution < -0.4 is 5.73 Å². The molecule has 0 amide bonds. The highest BCUT2D eigenvalue weighted by Crippen LogP contribution is 2.22. The van der Waals surface area contributed by atoms with Gasteiger partial charge >= 0.3 is 0 Å². The Bertz CT molecular complexity index is 434. The van der Waals surface area contributed by atoms with E-state index in [0.29, 0.717) is 0 Å². The summed E-state index contributed by atoms with van der Waals surface area (Å²) in [6.45, 7) is 5.63. The standard InChI is InChI=1S/C16H24FN3/c17-14-6-4-13(5-7-14)16(18)12-19-8-2-10-20-9-1-3-15(20)11-19/h4-7,15-16H,1-3,8-12,18H2. The molecule has 20 heavy (non-hydrogen) atoms. The lowest BCUT2D eigenvalue weighted by Gasteiger charge is -2.27. The Morgan fingerprint density at radius 2 is 1.90 bits per heavy atom. The minimum Gasteiger partial charge on any atom is -0.323 e. The molecule has 2 aliphatic rings. The largest absolute Gasteiger partial charge is 0.323 e. The van der Waals surface area contributed by atoms with E-state index in [2.05, 4.69) is 9.80 Å². The fraction of sp³-hybridized carbons (Fsp3) is 0.625. The lowest BCUT2D eigenvalue weighted by atomic mass is 10.1. The summed E-state index contributed by atoms with van der Waals surface area (Å²) in [5, 5.41) is 0. The normalized spacial score (nSPS) is 26.2. The van der Waals surface area contributed by atoms with Crippen molar-refractivity contribution in [3.8, 4) is 0 Å². The number of nitrogens with zero attached hydrogens (tertiary/aromatic N) is 2. The molecule has 2 atom stereocenters. The zero-order valence-electron chi connectivity index (χ0n) is 12.0. The van der Waals surface area contributed by atoms with E-state index in [-0.39, 0.29) is 11.9 Å². The second-order valence-corrected chi connectivity index (χ2v) is 6.10. The summed E-state index contributed by atoms with van der Waals surface area (Å²) in [6, 6.07) is 7.30. The average Bonchev–Trinajstić information content (AvgIpc) is 2.78. The molecule has 2 unspecified atom stereocenters. The van der Waals surface area contributed by atoms with E-state index in [1.54, 1.807) is 12.1 Å². The van der Waals surface area contributed by atoms with Crippen LogP contribution >= 0.6 is 0 Å². The summed E-state index contributed by atoms with van der Waals surface area (Å²) >= 11 is 0. The SMILES string of the molecule is NC(CN1CCCN2CCCC2C1)c1ccc(F)cc1. The molecule has 0 spiro atoms. The van der Waals surface area contributed by atoms with Crippen molar-refractivity contribution in [2.45, 2.75) is 31.3 Å². The van der Waals surface area contributed by atoms with Crippen molar-refractivity contribution in [2.75, 3.05) is 32.7 Å². The van der Waals surface area contributed by atoms with E-state index in [1.807, 2.05) is 0 Å². The van der Waals surface area contributed by atoms with Gasteiger partial charge in [0.25, 0.3) is 0 Å². The topological polar surface area (TPSA) is 32.5 Å². The number of benzene rings is 1. The monoisotopic (exact) mass is 277 g/mol. The van der Waals surface area contributed by atoms with E-state index < -0.39 is 0 Å². The second-order valence-electron chi connectivity index (χ2n) is 6.10. The fourth-order valence-corrected chi connectivity index (χ4v) is 3.54. The van der Waals surface area contributed by atoms with Crippen molar-refractivity contribution >= 4 is 0 Å². The number of hydrogen-bond donors (Lipinski definition) is 1. The van der Waals surface area contributed by atoms with Gasteiger partial charge in [-0.3, -0.25) is 9.80 Å². The summed E-state index contributed by atoms with van der Waals surface area (Å²) in [5.41, 5.74) is 7.31. The zero-order valence-corrected chi connectivity index (χ0v) is 12.0. The molecule has 0 saturated carbocycles. The Balaban J connectivity index is 1.60. The van der Waals surface area contributed by atoms with Gasteiger partial charge in [-0.1, -0.05) is 12.1 Å². The molecule has 1 aromatic rings. The lowest BCUT2D eigenvalue weighted by molar-refractivity contribution is 0.213. The van der Waals surface area contributed by atoms with Gasteiger partial charge in [0.2, 0.25) is 0 Å². The van der Waals surface area contributed by atoms with Crippen molar-refractivity contribution < 1.29 is 4.39 Å². The molecule has 4 heteroatoms. The van der Waals surface area contributed by atoms with E-state index in [0.717, 1.165) is 31.2 Å². The van der Waals surface area contributed by atoms with Gasteiger partial charge in [-0.05, 0) is 56.6 Å². The molecule has 2 heterocycles. The predicted molar refractivity (Wildman–Crippen MR) is 79.0 cm³/mol. The molecule has 2 N–H and O–H groups in total. The summed E-state index contributed by atoms with van der Waals surface area (Å²) in [6.07, 6.45) is 3.89. The van der Waals surface area contributed by atoms with Crippen molar-refractivity contribution in [1.82, 2.24) is 9.80 Å². The number of nitrogens with two attached hydrogens (primary N) is 1. The summed E-state index contributed by atoms with van der Waals surface area (Å²) in [4.78, 5) is 5.12. The molecular formula is C16H24FN3. The molecular weight excluding hydrogens is 253 g/mol. The maximum Gasteiger partial charge on any atom is 0.123 e. The molecule has 2 saturated heterocycles. The van der Waals surface area contributed by atoms with Gasteiger partial charge in [0, 0.05) is 25.2 Å². The van der Waals surface area contributed by atoms with Crippen molar-refractivity contribution in [2.24, 2.45) is 5.73 Å². The maximum atomic E-state index is 13.0. The lowest BCUT2D eigenvalue weighted by Crippen LogP contribution is -2.39.